The van der Waals surface area contributed by atoms with Gasteiger partial charge in [-0.1, -0.05) is 50.2 Å². The molecule has 1 aromatic heterocycles. The summed E-state index contributed by atoms with van der Waals surface area (Å²) in [5.74, 6) is 1.21. The summed E-state index contributed by atoms with van der Waals surface area (Å²) in [6.07, 6.45) is 2.77. The average Bonchev–Trinajstić information content (AvgIpc) is 3.25. The molecule has 0 fully saturated rings. The Morgan fingerprint density at radius 2 is 2.03 bits per heavy atom. The van der Waals surface area contributed by atoms with E-state index in [4.69, 9.17) is 4.52 Å². The predicted octanol–water partition coefficient (Wildman–Crippen LogP) is 4.50. The number of nitrogens with zero attached hydrogens (tertiary/aromatic N) is 2. The first kappa shape index (κ1) is 21.6. The van der Waals surface area contributed by atoms with Gasteiger partial charge in [-0.3, -0.25) is 4.79 Å². The van der Waals surface area contributed by atoms with Crippen molar-refractivity contribution in [2.45, 2.75) is 73.4 Å². The Balaban J connectivity index is 1.52. The molecule has 4 rings (SSSR count). The predicted molar refractivity (Wildman–Crippen MR) is 121 cm³/mol. The van der Waals surface area contributed by atoms with E-state index in [9.17, 15) is 4.79 Å². The second-order valence-corrected chi connectivity index (χ2v) is 10.1. The van der Waals surface area contributed by atoms with Crippen molar-refractivity contribution >= 4 is 5.91 Å². The number of hydrazine groups is 1. The van der Waals surface area contributed by atoms with Crippen molar-refractivity contribution in [3.63, 3.8) is 0 Å². The fraction of sp³-hybridized carbons (Fsp3) is 0.520. The zero-order chi connectivity index (χ0) is 22.3. The third-order valence-electron chi connectivity index (χ3n) is 6.89. The Labute approximate surface area is 185 Å². The summed E-state index contributed by atoms with van der Waals surface area (Å²) in [5.41, 5.74) is 9.51. The van der Waals surface area contributed by atoms with Crippen molar-refractivity contribution in [1.82, 2.24) is 20.9 Å². The quantitative estimate of drug-likeness (QED) is 0.759. The summed E-state index contributed by atoms with van der Waals surface area (Å²) < 4.78 is 5.55. The number of rotatable bonds is 4. The van der Waals surface area contributed by atoms with Crippen LogP contribution in [0.15, 0.2) is 40.2 Å². The van der Waals surface area contributed by atoms with Crippen molar-refractivity contribution in [2.75, 3.05) is 0 Å². The smallest absolute Gasteiger partial charge is 0.277 e. The number of nitrogens with one attached hydrogen (secondary N) is 2. The van der Waals surface area contributed by atoms with Crippen LogP contribution in [0.1, 0.15) is 74.0 Å². The molecule has 0 bridgehead atoms. The van der Waals surface area contributed by atoms with Crippen molar-refractivity contribution < 1.29 is 9.32 Å². The van der Waals surface area contributed by atoms with Gasteiger partial charge in [0, 0.05) is 17.7 Å². The molecule has 166 valence electrons. The monoisotopic (exact) mass is 422 g/mol. The highest BCUT2D eigenvalue weighted by Crippen LogP contribution is 2.38. The standard InChI is InChI=1S/C25H34N4O2/c1-15-9-7-8-10-18(15)14-29-17(3)22(16(2)27-29)26-24(30)23-20-13-19(25(4,5)6)11-12-21(20)31-28-23/h7-10,16,19,27H,11-14H2,1-6H3,(H,26,30)/t16-,19+/m0/s1. The number of carbonyl (C=O) groups is 1. The fourth-order valence-electron chi connectivity index (χ4n) is 4.68. The van der Waals surface area contributed by atoms with Gasteiger partial charge in [-0.05, 0) is 56.1 Å². The molecule has 0 saturated heterocycles. The van der Waals surface area contributed by atoms with Crippen LogP contribution in [0.4, 0.5) is 0 Å². The van der Waals surface area contributed by atoms with Crippen LogP contribution in [0.2, 0.25) is 0 Å². The molecule has 6 heteroatoms. The van der Waals surface area contributed by atoms with Crippen LogP contribution in [0.5, 0.6) is 0 Å². The van der Waals surface area contributed by atoms with Gasteiger partial charge in [-0.2, -0.15) is 0 Å². The van der Waals surface area contributed by atoms with Gasteiger partial charge in [0.05, 0.1) is 18.3 Å². The Morgan fingerprint density at radius 1 is 1.29 bits per heavy atom. The van der Waals surface area contributed by atoms with Crippen LogP contribution in [-0.4, -0.2) is 22.1 Å². The Bertz CT molecular complexity index is 1010. The highest BCUT2D eigenvalue weighted by molar-refractivity contribution is 5.95. The molecule has 1 aliphatic heterocycles. The zero-order valence-corrected chi connectivity index (χ0v) is 19.5. The molecule has 2 N–H and O–H groups in total. The number of benzene rings is 1. The van der Waals surface area contributed by atoms with E-state index in [-0.39, 0.29) is 17.4 Å². The molecule has 1 aliphatic carbocycles. The molecular weight excluding hydrogens is 388 g/mol. The van der Waals surface area contributed by atoms with Gasteiger partial charge >= 0.3 is 0 Å². The lowest BCUT2D eigenvalue weighted by molar-refractivity contribution is 0.0953. The summed E-state index contributed by atoms with van der Waals surface area (Å²) in [7, 11) is 0. The normalized spacial score (nSPS) is 21.4. The number of carbonyl (C=O) groups excluding carboxylic acids is 1. The summed E-state index contributed by atoms with van der Waals surface area (Å²) in [6, 6.07) is 8.38. The number of hydrogen-bond donors (Lipinski definition) is 2. The first-order valence-electron chi connectivity index (χ1n) is 11.2. The van der Waals surface area contributed by atoms with E-state index >= 15 is 0 Å². The highest BCUT2D eigenvalue weighted by atomic mass is 16.5. The van der Waals surface area contributed by atoms with Gasteiger partial charge < -0.3 is 14.8 Å². The van der Waals surface area contributed by atoms with Crippen molar-refractivity contribution in [1.29, 1.82) is 0 Å². The highest BCUT2D eigenvalue weighted by Gasteiger charge is 2.35. The van der Waals surface area contributed by atoms with Crippen LogP contribution in [-0.2, 0) is 19.4 Å². The van der Waals surface area contributed by atoms with Crippen LogP contribution < -0.4 is 10.7 Å². The lowest BCUT2D eigenvalue weighted by Crippen LogP contribution is -2.37. The van der Waals surface area contributed by atoms with E-state index in [2.05, 4.69) is 79.8 Å². The molecule has 6 nitrogen and oxygen atoms in total. The maximum absolute atomic E-state index is 13.2. The van der Waals surface area contributed by atoms with Gasteiger partial charge in [-0.25, -0.2) is 5.43 Å². The number of aryl methyl sites for hydroxylation is 2. The SMILES string of the molecule is CC1=C(NC(=O)c2noc3c2C[C@H](C(C)(C)C)CC3)[C@H](C)NN1Cc1ccccc1C. The summed E-state index contributed by atoms with van der Waals surface area (Å²) in [5, 5.41) is 9.40. The third kappa shape index (κ3) is 4.26. The van der Waals surface area contributed by atoms with Gasteiger partial charge in [0.1, 0.15) is 5.76 Å². The van der Waals surface area contributed by atoms with E-state index in [1.807, 2.05) is 6.92 Å². The number of amides is 1. The van der Waals surface area contributed by atoms with E-state index in [0.29, 0.717) is 11.6 Å². The molecular formula is C25H34N4O2. The summed E-state index contributed by atoms with van der Waals surface area (Å²) >= 11 is 0. The van der Waals surface area contributed by atoms with Crippen LogP contribution in [0, 0.1) is 18.3 Å². The molecule has 2 heterocycles. The van der Waals surface area contributed by atoms with E-state index in [1.54, 1.807) is 0 Å². The lowest BCUT2D eigenvalue weighted by atomic mass is 9.71. The van der Waals surface area contributed by atoms with Crippen molar-refractivity contribution in [3.8, 4) is 0 Å². The minimum absolute atomic E-state index is 0.0121. The molecule has 31 heavy (non-hydrogen) atoms. The van der Waals surface area contributed by atoms with Gasteiger partial charge in [0.2, 0.25) is 0 Å². The molecule has 2 aromatic rings. The average molecular weight is 423 g/mol. The van der Waals surface area contributed by atoms with Gasteiger partial charge in [0.25, 0.3) is 5.91 Å². The number of hydrogen-bond acceptors (Lipinski definition) is 5. The zero-order valence-electron chi connectivity index (χ0n) is 19.5. The molecule has 0 saturated carbocycles. The fourth-order valence-corrected chi connectivity index (χ4v) is 4.68. The van der Waals surface area contributed by atoms with Gasteiger partial charge in [0.15, 0.2) is 5.69 Å². The number of fused-ring (bicyclic) bond motifs is 1. The minimum Gasteiger partial charge on any atom is -0.360 e. The van der Waals surface area contributed by atoms with E-state index in [1.165, 1.54) is 11.1 Å². The molecule has 0 spiro atoms. The van der Waals surface area contributed by atoms with Crippen LogP contribution >= 0.6 is 0 Å². The molecule has 0 unspecified atom stereocenters. The largest absolute Gasteiger partial charge is 0.360 e. The Morgan fingerprint density at radius 3 is 2.74 bits per heavy atom. The van der Waals surface area contributed by atoms with E-state index < -0.39 is 0 Å². The first-order chi connectivity index (χ1) is 14.6. The molecule has 2 aliphatic rings. The molecule has 0 radical (unpaired) electrons. The minimum atomic E-state index is -0.180. The second kappa shape index (κ2) is 8.15. The van der Waals surface area contributed by atoms with Gasteiger partial charge in [-0.15, -0.1) is 0 Å². The maximum atomic E-state index is 13.2. The van der Waals surface area contributed by atoms with Crippen molar-refractivity contribution in [3.05, 3.63) is 63.8 Å². The summed E-state index contributed by atoms with van der Waals surface area (Å²) in [6.45, 7) is 13.8. The lowest BCUT2D eigenvalue weighted by Gasteiger charge is -2.33. The summed E-state index contributed by atoms with van der Waals surface area (Å²) in [4.78, 5) is 13.2. The Kier molecular flexibility index (Phi) is 5.69. The number of allylic oxidation sites excluding steroid dienone is 1. The third-order valence-corrected chi connectivity index (χ3v) is 6.89. The Hall–Kier alpha value is -2.60. The van der Waals surface area contributed by atoms with E-state index in [0.717, 1.165) is 48.5 Å². The topological polar surface area (TPSA) is 70.4 Å². The second-order valence-electron chi connectivity index (χ2n) is 10.1. The van der Waals surface area contributed by atoms with Crippen LogP contribution in [0.3, 0.4) is 0 Å². The van der Waals surface area contributed by atoms with Crippen LogP contribution in [0.25, 0.3) is 0 Å². The number of aromatic nitrogens is 1. The molecule has 1 aromatic carbocycles. The maximum Gasteiger partial charge on any atom is 0.277 e. The first-order valence-corrected chi connectivity index (χ1v) is 11.2. The molecule has 2 atom stereocenters. The van der Waals surface area contributed by atoms with Crippen molar-refractivity contribution in [2.24, 2.45) is 11.3 Å². The molecule has 1 amide bonds.